The van der Waals surface area contributed by atoms with E-state index in [2.05, 4.69) is 38.5 Å². The molecule has 0 bridgehead atoms. The van der Waals surface area contributed by atoms with E-state index in [1.165, 1.54) is 0 Å². The van der Waals surface area contributed by atoms with Crippen molar-refractivity contribution < 1.29 is 14.3 Å². The minimum absolute atomic E-state index is 0.305. The molecule has 3 N–H and O–H groups in total. The monoisotopic (exact) mass is 455 g/mol. The molecule has 0 radical (unpaired) electrons. The molecule has 1 aliphatic heterocycles. The number of carbonyl (C=O) groups excluding carboxylic acids is 2. The molecule has 1 aliphatic rings. The van der Waals surface area contributed by atoms with Gasteiger partial charge in [0, 0.05) is 21.4 Å². The zero-order chi connectivity index (χ0) is 21.0. The van der Waals surface area contributed by atoms with Crippen LogP contribution in [0, 0.1) is 6.92 Å². The van der Waals surface area contributed by atoms with Crippen molar-refractivity contribution in [1.29, 1.82) is 0 Å². The molecule has 150 valence electrons. The van der Waals surface area contributed by atoms with Gasteiger partial charge in [0.1, 0.15) is 12.4 Å². The maximum atomic E-state index is 13.2. The van der Waals surface area contributed by atoms with Gasteiger partial charge < -0.3 is 20.7 Å². The van der Waals surface area contributed by atoms with E-state index < -0.39 is 6.04 Å². The fourth-order valence-corrected chi connectivity index (χ4v) is 3.55. The molecule has 6 nitrogen and oxygen atoms in total. The van der Waals surface area contributed by atoms with Gasteiger partial charge in [-0.1, -0.05) is 40.7 Å². The van der Waals surface area contributed by atoms with E-state index in [4.69, 9.17) is 4.74 Å². The Morgan fingerprint density at radius 2 is 2.07 bits per heavy atom. The van der Waals surface area contributed by atoms with Crippen molar-refractivity contribution in [2.75, 3.05) is 11.9 Å². The van der Waals surface area contributed by atoms with Gasteiger partial charge >= 0.3 is 6.03 Å². The number of nitrogens with one attached hydrogen (secondary N) is 3. The molecule has 0 aliphatic carbocycles. The Hall–Kier alpha value is -3.06. The summed E-state index contributed by atoms with van der Waals surface area (Å²) in [4.78, 5) is 25.3. The average Bonchev–Trinajstić information content (AvgIpc) is 2.66. The summed E-state index contributed by atoms with van der Waals surface area (Å²) < 4.78 is 6.57. The van der Waals surface area contributed by atoms with E-state index in [0.29, 0.717) is 34.9 Å². The molecule has 0 saturated carbocycles. The number of amides is 3. The Morgan fingerprint density at radius 3 is 2.79 bits per heavy atom. The molecule has 7 heteroatoms. The van der Waals surface area contributed by atoms with Gasteiger partial charge in [-0.25, -0.2) is 4.79 Å². The van der Waals surface area contributed by atoms with E-state index >= 15 is 0 Å². The molecule has 1 atom stereocenters. The summed E-state index contributed by atoms with van der Waals surface area (Å²) in [5.41, 5.74) is 3.28. The van der Waals surface area contributed by atoms with Crippen LogP contribution >= 0.6 is 15.9 Å². The van der Waals surface area contributed by atoms with Crippen molar-refractivity contribution in [2.45, 2.75) is 19.9 Å². The molecule has 29 heavy (non-hydrogen) atoms. The molecular formula is C22H22BrN3O3. The third-order valence-electron chi connectivity index (χ3n) is 4.43. The lowest BCUT2D eigenvalue weighted by atomic mass is 9.94. The van der Waals surface area contributed by atoms with Crippen LogP contribution < -0.4 is 20.7 Å². The number of hydrogen-bond donors (Lipinski definition) is 3. The van der Waals surface area contributed by atoms with E-state index in [0.717, 1.165) is 10.0 Å². The number of allylic oxidation sites excluding steroid dienone is 1. The van der Waals surface area contributed by atoms with Gasteiger partial charge in [0.15, 0.2) is 0 Å². The highest BCUT2D eigenvalue weighted by Gasteiger charge is 2.33. The number of rotatable bonds is 6. The zero-order valence-corrected chi connectivity index (χ0v) is 17.8. The lowest BCUT2D eigenvalue weighted by Gasteiger charge is -2.30. The Labute approximate surface area is 178 Å². The summed E-state index contributed by atoms with van der Waals surface area (Å²) >= 11 is 3.46. The third kappa shape index (κ3) is 4.86. The fourth-order valence-electron chi connectivity index (χ4n) is 3.17. The standard InChI is InChI=1S/C22H22BrN3O3/c1-4-10-29-18-9-8-15(23)12-17(18)20-19(14(3)24-22(28)26-20)21(27)25-16-7-5-6-13(2)11-16/h4-9,11-12,20H,1,10H2,2-3H3,(H,25,27)(H2,24,26,28)/t20-/m1/s1. The summed E-state index contributed by atoms with van der Waals surface area (Å²) in [7, 11) is 0. The van der Waals surface area contributed by atoms with Crippen molar-refractivity contribution in [2.24, 2.45) is 0 Å². The first-order chi connectivity index (χ1) is 13.9. The molecule has 2 aromatic rings. The summed E-state index contributed by atoms with van der Waals surface area (Å²) in [6.45, 7) is 7.64. The smallest absolute Gasteiger partial charge is 0.319 e. The van der Waals surface area contributed by atoms with Crippen molar-refractivity contribution >= 4 is 33.6 Å². The second kappa shape index (κ2) is 8.96. The number of benzene rings is 2. The highest BCUT2D eigenvalue weighted by atomic mass is 79.9. The molecule has 0 aromatic heterocycles. The summed E-state index contributed by atoms with van der Waals surface area (Å²) in [5, 5.41) is 8.44. The number of urea groups is 1. The largest absolute Gasteiger partial charge is 0.489 e. The van der Waals surface area contributed by atoms with Gasteiger partial charge in [-0.3, -0.25) is 4.79 Å². The fraction of sp³-hybridized carbons (Fsp3) is 0.182. The molecule has 0 fully saturated rings. The molecule has 3 amide bonds. The molecule has 1 heterocycles. The summed E-state index contributed by atoms with van der Waals surface area (Å²) in [6.07, 6.45) is 1.64. The highest BCUT2D eigenvalue weighted by molar-refractivity contribution is 9.10. The van der Waals surface area contributed by atoms with Gasteiger partial charge in [-0.05, 0) is 49.7 Å². The average molecular weight is 456 g/mol. The second-order valence-corrected chi connectivity index (χ2v) is 7.59. The number of halogens is 1. The number of ether oxygens (including phenoxy) is 1. The lowest BCUT2D eigenvalue weighted by molar-refractivity contribution is -0.113. The summed E-state index contributed by atoms with van der Waals surface area (Å²) in [5.74, 6) is 0.259. The first kappa shape index (κ1) is 20.7. The highest BCUT2D eigenvalue weighted by Crippen LogP contribution is 2.35. The van der Waals surface area contributed by atoms with Gasteiger partial charge in [-0.15, -0.1) is 0 Å². The number of anilines is 1. The van der Waals surface area contributed by atoms with Gasteiger partial charge in [0.2, 0.25) is 0 Å². The second-order valence-electron chi connectivity index (χ2n) is 6.68. The number of aryl methyl sites for hydroxylation is 1. The van der Waals surface area contributed by atoms with Crippen LogP contribution in [-0.2, 0) is 4.79 Å². The van der Waals surface area contributed by atoms with Gasteiger partial charge in [-0.2, -0.15) is 0 Å². The maximum absolute atomic E-state index is 13.2. The molecule has 3 rings (SSSR count). The van der Waals surface area contributed by atoms with Crippen LogP contribution in [0.4, 0.5) is 10.5 Å². The maximum Gasteiger partial charge on any atom is 0.319 e. The Morgan fingerprint density at radius 1 is 1.28 bits per heavy atom. The van der Waals surface area contributed by atoms with E-state index in [9.17, 15) is 9.59 Å². The lowest BCUT2D eigenvalue weighted by Crippen LogP contribution is -2.46. The van der Waals surface area contributed by atoms with Crippen LogP contribution in [0.15, 0.2) is 70.9 Å². The Balaban J connectivity index is 2.01. The first-order valence-corrected chi connectivity index (χ1v) is 9.87. The predicted molar refractivity (Wildman–Crippen MR) is 117 cm³/mol. The predicted octanol–water partition coefficient (Wildman–Crippen LogP) is 4.59. The third-order valence-corrected chi connectivity index (χ3v) is 4.92. The minimum Gasteiger partial charge on any atom is -0.489 e. The zero-order valence-electron chi connectivity index (χ0n) is 16.2. The molecule has 0 saturated heterocycles. The van der Waals surface area contributed by atoms with E-state index in [1.54, 1.807) is 19.1 Å². The van der Waals surface area contributed by atoms with E-state index in [-0.39, 0.29) is 11.9 Å². The van der Waals surface area contributed by atoms with Crippen molar-refractivity contribution in [3.05, 3.63) is 82.0 Å². The van der Waals surface area contributed by atoms with Crippen LogP contribution in [0.1, 0.15) is 24.1 Å². The van der Waals surface area contributed by atoms with Crippen LogP contribution in [-0.4, -0.2) is 18.5 Å². The molecular weight excluding hydrogens is 434 g/mol. The topological polar surface area (TPSA) is 79.5 Å². The normalized spacial score (nSPS) is 16.0. The number of hydrogen-bond acceptors (Lipinski definition) is 3. The molecule has 2 aromatic carbocycles. The van der Waals surface area contributed by atoms with Gasteiger partial charge in [0.25, 0.3) is 5.91 Å². The van der Waals surface area contributed by atoms with Gasteiger partial charge in [0.05, 0.1) is 11.6 Å². The Bertz CT molecular complexity index is 1000. The van der Waals surface area contributed by atoms with Crippen LogP contribution in [0.5, 0.6) is 5.75 Å². The SMILES string of the molecule is C=CCOc1ccc(Br)cc1[C@H]1NC(=O)NC(C)=C1C(=O)Nc1cccc(C)c1. The summed E-state index contributed by atoms with van der Waals surface area (Å²) in [6, 6.07) is 12.0. The van der Waals surface area contributed by atoms with Crippen LogP contribution in [0.2, 0.25) is 0 Å². The molecule has 0 spiro atoms. The van der Waals surface area contributed by atoms with Crippen molar-refractivity contribution in [1.82, 2.24) is 10.6 Å². The van der Waals surface area contributed by atoms with Crippen molar-refractivity contribution in [3.63, 3.8) is 0 Å². The minimum atomic E-state index is -0.675. The molecule has 0 unspecified atom stereocenters. The van der Waals surface area contributed by atoms with Crippen molar-refractivity contribution in [3.8, 4) is 5.75 Å². The van der Waals surface area contributed by atoms with Crippen LogP contribution in [0.25, 0.3) is 0 Å². The Kier molecular flexibility index (Phi) is 6.39. The van der Waals surface area contributed by atoms with Crippen LogP contribution in [0.3, 0.4) is 0 Å². The quantitative estimate of drug-likeness (QED) is 0.557. The first-order valence-electron chi connectivity index (χ1n) is 9.08. The van der Waals surface area contributed by atoms with E-state index in [1.807, 2.05) is 43.3 Å². The number of carbonyl (C=O) groups is 2.